The van der Waals surface area contributed by atoms with Gasteiger partial charge in [-0.15, -0.1) is 0 Å². The number of nitrogens with one attached hydrogen (secondary N) is 1. The van der Waals surface area contributed by atoms with Crippen LogP contribution in [-0.2, 0) is 15.1 Å². The molecule has 1 amide bonds. The molecule has 1 rings (SSSR count). The molecule has 7 nitrogen and oxygen atoms in total. The Labute approximate surface area is 120 Å². The van der Waals surface area contributed by atoms with Gasteiger partial charge in [0.25, 0.3) is 0 Å². The molecule has 1 atom stereocenters. The van der Waals surface area contributed by atoms with Crippen LogP contribution in [0.4, 0.5) is 9.80 Å². The van der Waals surface area contributed by atoms with Crippen molar-refractivity contribution < 1.29 is 19.2 Å². The molecule has 1 heterocycles. The quantitative estimate of drug-likeness (QED) is 0.523. The van der Waals surface area contributed by atoms with Gasteiger partial charge in [0.15, 0.2) is 6.29 Å². The van der Waals surface area contributed by atoms with Crippen molar-refractivity contribution in [1.82, 2.24) is 5.32 Å². The number of carbonyl (C=O) groups excluding carboxylic acids is 2. The molecule has 0 aromatic carbocycles. The first kappa shape index (κ1) is 16.1. The van der Waals surface area contributed by atoms with Crippen LogP contribution in [0.15, 0.2) is 12.1 Å². The summed E-state index contributed by atoms with van der Waals surface area (Å²) >= 11 is 0.832. The van der Waals surface area contributed by atoms with Crippen LogP contribution >= 0.6 is 11.3 Å². The smallest absolute Gasteiger partial charge is 0.408 e. The SMILES string of the molecule is CC(C)(C)OC(=O)NC(C)(C=O)c1ccc([N+](=O)[O-])s1. The predicted molar refractivity (Wildman–Crippen MR) is 73.8 cm³/mol. The maximum Gasteiger partial charge on any atom is 0.408 e. The number of aldehydes is 1. The molecule has 1 aromatic heterocycles. The number of thiophene rings is 1. The molecular weight excluding hydrogens is 284 g/mol. The van der Waals surface area contributed by atoms with Gasteiger partial charge in [-0.1, -0.05) is 11.3 Å². The molecule has 0 saturated carbocycles. The van der Waals surface area contributed by atoms with Crippen molar-refractivity contribution in [2.75, 3.05) is 0 Å². The van der Waals surface area contributed by atoms with Gasteiger partial charge in [-0.3, -0.25) is 10.1 Å². The van der Waals surface area contributed by atoms with Crippen molar-refractivity contribution in [3.63, 3.8) is 0 Å². The Bertz CT molecular complexity index is 534. The highest BCUT2D eigenvalue weighted by atomic mass is 32.1. The van der Waals surface area contributed by atoms with E-state index >= 15 is 0 Å². The maximum atomic E-state index is 11.7. The molecule has 0 aliphatic carbocycles. The number of nitro groups is 1. The molecular formula is C12H16N2O5S. The Hall–Kier alpha value is -1.96. The van der Waals surface area contributed by atoms with Crippen LogP contribution in [-0.4, -0.2) is 22.9 Å². The van der Waals surface area contributed by atoms with Crippen LogP contribution in [0.1, 0.15) is 32.6 Å². The summed E-state index contributed by atoms with van der Waals surface area (Å²) in [6.07, 6.45) is -0.241. The van der Waals surface area contributed by atoms with E-state index in [1.54, 1.807) is 20.8 Å². The first-order chi connectivity index (χ1) is 9.07. The van der Waals surface area contributed by atoms with E-state index in [1.807, 2.05) is 0 Å². The average Bonchev–Trinajstić information content (AvgIpc) is 2.75. The van der Waals surface area contributed by atoms with Gasteiger partial charge in [0, 0.05) is 10.9 Å². The summed E-state index contributed by atoms with van der Waals surface area (Å²) in [5.74, 6) is 0. The van der Waals surface area contributed by atoms with Gasteiger partial charge in [0.1, 0.15) is 11.1 Å². The largest absolute Gasteiger partial charge is 0.444 e. The summed E-state index contributed by atoms with van der Waals surface area (Å²) in [4.78, 5) is 33.5. The van der Waals surface area contributed by atoms with Crippen molar-refractivity contribution >= 4 is 28.7 Å². The third-order valence-electron chi connectivity index (χ3n) is 2.28. The van der Waals surface area contributed by atoms with E-state index in [9.17, 15) is 19.7 Å². The fourth-order valence-electron chi connectivity index (χ4n) is 1.37. The van der Waals surface area contributed by atoms with Gasteiger partial charge in [0.05, 0.1) is 4.92 Å². The Balaban J connectivity index is 2.93. The van der Waals surface area contributed by atoms with E-state index in [0.717, 1.165) is 11.3 Å². The fraction of sp³-hybridized carbons (Fsp3) is 0.500. The molecule has 20 heavy (non-hydrogen) atoms. The van der Waals surface area contributed by atoms with Gasteiger partial charge in [-0.05, 0) is 33.8 Å². The lowest BCUT2D eigenvalue weighted by Crippen LogP contribution is -2.46. The van der Waals surface area contributed by atoms with E-state index < -0.39 is 22.2 Å². The third kappa shape index (κ3) is 4.02. The first-order valence-electron chi connectivity index (χ1n) is 5.79. The van der Waals surface area contributed by atoms with E-state index in [2.05, 4.69) is 5.32 Å². The van der Waals surface area contributed by atoms with Crippen molar-refractivity contribution in [2.24, 2.45) is 0 Å². The van der Waals surface area contributed by atoms with Crippen molar-refractivity contribution in [3.8, 4) is 0 Å². The van der Waals surface area contributed by atoms with E-state index in [4.69, 9.17) is 4.74 Å². The maximum absolute atomic E-state index is 11.7. The number of amides is 1. The minimum atomic E-state index is -1.36. The van der Waals surface area contributed by atoms with Crippen LogP contribution in [0.5, 0.6) is 0 Å². The zero-order valence-corrected chi connectivity index (χ0v) is 12.4. The van der Waals surface area contributed by atoms with E-state index in [1.165, 1.54) is 19.1 Å². The lowest BCUT2D eigenvalue weighted by molar-refractivity contribution is -0.380. The summed E-state index contributed by atoms with van der Waals surface area (Å²) in [7, 11) is 0. The number of ether oxygens (including phenoxy) is 1. The average molecular weight is 300 g/mol. The number of carbonyl (C=O) groups is 2. The second kappa shape index (κ2) is 5.58. The van der Waals surface area contributed by atoms with Gasteiger partial charge in [0.2, 0.25) is 0 Å². The highest BCUT2D eigenvalue weighted by Crippen LogP contribution is 2.31. The number of hydrogen-bond acceptors (Lipinski definition) is 6. The highest BCUT2D eigenvalue weighted by Gasteiger charge is 2.33. The van der Waals surface area contributed by atoms with Gasteiger partial charge in [-0.2, -0.15) is 0 Å². The van der Waals surface area contributed by atoms with Crippen molar-refractivity contribution in [1.29, 1.82) is 0 Å². The third-order valence-corrected chi connectivity index (χ3v) is 3.55. The van der Waals surface area contributed by atoms with Gasteiger partial charge < -0.3 is 14.8 Å². The Morgan fingerprint density at radius 3 is 2.40 bits per heavy atom. The number of hydrogen-bond donors (Lipinski definition) is 1. The zero-order chi connectivity index (χ0) is 15.6. The molecule has 1 aromatic rings. The standard InChI is InChI=1S/C12H16N2O5S/c1-11(2,3)19-10(16)13-12(4,7-15)8-5-6-9(20-8)14(17)18/h5-7H,1-4H3,(H,13,16). The van der Waals surface area contributed by atoms with E-state index in [0.29, 0.717) is 11.2 Å². The monoisotopic (exact) mass is 300 g/mol. The normalized spacial score (nSPS) is 14.2. The Morgan fingerprint density at radius 2 is 2.00 bits per heavy atom. The molecule has 0 aliphatic rings. The summed E-state index contributed by atoms with van der Waals surface area (Å²) in [5, 5.41) is 13.0. The molecule has 0 bridgehead atoms. The summed E-state index contributed by atoms with van der Waals surface area (Å²) in [6, 6.07) is 2.73. The van der Waals surface area contributed by atoms with Crippen molar-refractivity contribution in [3.05, 3.63) is 27.1 Å². The van der Waals surface area contributed by atoms with Gasteiger partial charge in [-0.25, -0.2) is 4.79 Å². The molecule has 0 radical (unpaired) electrons. The topological polar surface area (TPSA) is 98.5 Å². The molecule has 0 fully saturated rings. The summed E-state index contributed by atoms with van der Waals surface area (Å²) in [5.41, 5.74) is -2.06. The Morgan fingerprint density at radius 1 is 1.40 bits per heavy atom. The highest BCUT2D eigenvalue weighted by molar-refractivity contribution is 7.15. The lowest BCUT2D eigenvalue weighted by Gasteiger charge is -2.26. The minimum Gasteiger partial charge on any atom is -0.444 e. The van der Waals surface area contributed by atoms with Crippen LogP contribution in [0.25, 0.3) is 0 Å². The number of alkyl carbamates (subject to hydrolysis) is 1. The second-order valence-electron chi connectivity index (χ2n) is 5.34. The molecule has 1 N–H and O–H groups in total. The van der Waals surface area contributed by atoms with Gasteiger partial charge >= 0.3 is 11.1 Å². The van der Waals surface area contributed by atoms with Crippen molar-refractivity contribution in [2.45, 2.75) is 38.8 Å². The number of nitrogens with zero attached hydrogens (tertiary/aromatic N) is 1. The predicted octanol–water partition coefficient (Wildman–Crippen LogP) is 2.60. The lowest BCUT2D eigenvalue weighted by atomic mass is 10.0. The van der Waals surface area contributed by atoms with Crippen LogP contribution in [0.2, 0.25) is 0 Å². The molecule has 0 aliphatic heterocycles. The zero-order valence-electron chi connectivity index (χ0n) is 11.6. The summed E-state index contributed by atoms with van der Waals surface area (Å²) in [6.45, 7) is 6.54. The second-order valence-corrected chi connectivity index (χ2v) is 6.40. The molecule has 0 spiro atoms. The van der Waals surface area contributed by atoms with E-state index in [-0.39, 0.29) is 5.00 Å². The van der Waals surface area contributed by atoms with Crippen LogP contribution < -0.4 is 5.32 Å². The molecule has 110 valence electrons. The Kier molecular flexibility index (Phi) is 4.49. The molecule has 0 saturated heterocycles. The summed E-state index contributed by atoms with van der Waals surface area (Å²) < 4.78 is 5.07. The fourth-order valence-corrected chi connectivity index (χ4v) is 2.25. The first-order valence-corrected chi connectivity index (χ1v) is 6.61. The molecule has 1 unspecified atom stereocenters. The number of rotatable bonds is 4. The minimum absolute atomic E-state index is 0.0981. The van der Waals surface area contributed by atoms with Crippen LogP contribution in [0, 0.1) is 10.1 Å². The molecule has 8 heteroatoms. The van der Waals surface area contributed by atoms with Crippen LogP contribution in [0.3, 0.4) is 0 Å².